The molecule has 1 heterocycles. The third-order valence-corrected chi connectivity index (χ3v) is 4.62. The topological polar surface area (TPSA) is 15.3 Å². The second kappa shape index (κ2) is 7.80. The summed E-state index contributed by atoms with van der Waals surface area (Å²) in [6.07, 6.45) is 3.89. The number of nitrogens with one attached hydrogen (secondary N) is 1. The van der Waals surface area contributed by atoms with Gasteiger partial charge in [-0.2, -0.15) is 0 Å². The number of rotatable bonds is 6. The summed E-state index contributed by atoms with van der Waals surface area (Å²) in [4.78, 5) is 2.69. The average Bonchev–Trinajstić information content (AvgIpc) is 2.49. The Morgan fingerprint density at radius 3 is 2.35 bits per heavy atom. The van der Waals surface area contributed by atoms with E-state index >= 15 is 0 Å². The van der Waals surface area contributed by atoms with Gasteiger partial charge in [0.1, 0.15) is 0 Å². The SMILES string of the molecule is CCNCC1CCN(C(CC)c2ccc(C)cc2)CC1. The summed E-state index contributed by atoms with van der Waals surface area (Å²) in [5.74, 6) is 0.877. The molecule has 0 radical (unpaired) electrons. The number of likely N-dealkylation sites (tertiary alicyclic amines) is 1. The van der Waals surface area contributed by atoms with Crippen molar-refractivity contribution < 1.29 is 0 Å². The van der Waals surface area contributed by atoms with E-state index in [9.17, 15) is 0 Å². The summed E-state index contributed by atoms with van der Waals surface area (Å²) in [5.41, 5.74) is 2.84. The second-order valence-corrected chi connectivity index (χ2v) is 6.12. The van der Waals surface area contributed by atoms with Gasteiger partial charge in [0, 0.05) is 6.04 Å². The summed E-state index contributed by atoms with van der Waals surface area (Å²) < 4.78 is 0. The van der Waals surface area contributed by atoms with Crippen LogP contribution in [0.25, 0.3) is 0 Å². The number of nitrogens with zero attached hydrogens (tertiary/aromatic N) is 1. The van der Waals surface area contributed by atoms with Crippen molar-refractivity contribution in [3.63, 3.8) is 0 Å². The van der Waals surface area contributed by atoms with Gasteiger partial charge in [-0.25, -0.2) is 0 Å². The van der Waals surface area contributed by atoms with E-state index in [1.54, 1.807) is 0 Å². The zero-order valence-electron chi connectivity index (χ0n) is 13.4. The lowest BCUT2D eigenvalue weighted by Gasteiger charge is -2.37. The summed E-state index contributed by atoms with van der Waals surface area (Å²) in [6.45, 7) is 11.5. The first kappa shape index (κ1) is 15.5. The number of benzene rings is 1. The van der Waals surface area contributed by atoms with Crippen molar-refractivity contribution in [1.82, 2.24) is 10.2 Å². The molecule has 1 aromatic rings. The highest BCUT2D eigenvalue weighted by Crippen LogP contribution is 2.29. The second-order valence-electron chi connectivity index (χ2n) is 6.12. The van der Waals surface area contributed by atoms with Crippen molar-refractivity contribution in [2.75, 3.05) is 26.2 Å². The molecule has 1 aliphatic rings. The van der Waals surface area contributed by atoms with E-state index in [2.05, 4.69) is 55.3 Å². The van der Waals surface area contributed by atoms with E-state index in [1.807, 2.05) is 0 Å². The predicted molar refractivity (Wildman–Crippen MR) is 87.1 cm³/mol. The summed E-state index contributed by atoms with van der Waals surface area (Å²) in [5, 5.41) is 3.50. The van der Waals surface area contributed by atoms with Gasteiger partial charge in [-0.05, 0) is 63.8 Å². The Hall–Kier alpha value is -0.860. The van der Waals surface area contributed by atoms with Crippen LogP contribution in [0.2, 0.25) is 0 Å². The van der Waals surface area contributed by atoms with E-state index in [0.717, 1.165) is 12.5 Å². The van der Waals surface area contributed by atoms with E-state index in [0.29, 0.717) is 6.04 Å². The van der Waals surface area contributed by atoms with E-state index in [1.165, 1.54) is 50.0 Å². The van der Waals surface area contributed by atoms with Gasteiger partial charge in [0.15, 0.2) is 0 Å². The molecule has 112 valence electrons. The van der Waals surface area contributed by atoms with Crippen molar-refractivity contribution >= 4 is 0 Å². The first-order chi connectivity index (χ1) is 9.74. The summed E-state index contributed by atoms with van der Waals surface area (Å²) in [7, 11) is 0. The Balaban J connectivity index is 1.91. The lowest BCUT2D eigenvalue weighted by atomic mass is 9.93. The molecule has 2 rings (SSSR count). The molecule has 20 heavy (non-hydrogen) atoms. The Morgan fingerprint density at radius 2 is 1.80 bits per heavy atom. The third kappa shape index (κ3) is 4.07. The van der Waals surface area contributed by atoms with Gasteiger partial charge in [-0.1, -0.05) is 43.7 Å². The van der Waals surface area contributed by atoms with Crippen LogP contribution >= 0.6 is 0 Å². The molecule has 1 N–H and O–H groups in total. The quantitative estimate of drug-likeness (QED) is 0.849. The summed E-state index contributed by atoms with van der Waals surface area (Å²) >= 11 is 0. The maximum absolute atomic E-state index is 3.50. The average molecular weight is 274 g/mol. The van der Waals surface area contributed by atoms with Gasteiger partial charge in [0.2, 0.25) is 0 Å². The van der Waals surface area contributed by atoms with Crippen molar-refractivity contribution in [2.24, 2.45) is 5.92 Å². The van der Waals surface area contributed by atoms with Gasteiger partial charge in [-0.3, -0.25) is 4.90 Å². The van der Waals surface area contributed by atoms with Gasteiger partial charge in [0.05, 0.1) is 0 Å². The maximum atomic E-state index is 3.50. The van der Waals surface area contributed by atoms with Crippen LogP contribution < -0.4 is 5.32 Å². The number of aryl methyl sites for hydroxylation is 1. The number of hydrogen-bond acceptors (Lipinski definition) is 2. The molecule has 1 atom stereocenters. The Kier molecular flexibility index (Phi) is 6.06. The number of piperidine rings is 1. The molecule has 0 saturated carbocycles. The minimum absolute atomic E-state index is 0.607. The molecular weight excluding hydrogens is 244 g/mol. The highest BCUT2D eigenvalue weighted by Gasteiger charge is 2.24. The van der Waals surface area contributed by atoms with Crippen LogP contribution in [0.15, 0.2) is 24.3 Å². The standard InChI is InChI=1S/C18H30N2/c1-4-18(17-8-6-15(3)7-9-17)20-12-10-16(11-13-20)14-19-5-2/h6-9,16,18-19H,4-5,10-14H2,1-3H3. The normalized spacial score (nSPS) is 19.1. The van der Waals surface area contributed by atoms with Crippen LogP contribution in [0.3, 0.4) is 0 Å². The first-order valence-electron chi connectivity index (χ1n) is 8.26. The molecule has 0 bridgehead atoms. The molecule has 0 aliphatic carbocycles. The maximum Gasteiger partial charge on any atom is 0.0345 e. The molecule has 1 saturated heterocycles. The first-order valence-corrected chi connectivity index (χ1v) is 8.26. The molecule has 0 spiro atoms. The van der Waals surface area contributed by atoms with Crippen molar-refractivity contribution in [2.45, 2.75) is 46.1 Å². The van der Waals surface area contributed by atoms with Gasteiger partial charge in [0.25, 0.3) is 0 Å². The molecule has 1 aliphatic heterocycles. The van der Waals surface area contributed by atoms with Crippen LogP contribution in [0, 0.1) is 12.8 Å². The fraction of sp³-hybridized carbons (Fsp3) is 0.667. The van der Waals surface area contributed by atoms with Gasteiger partial charge in [-0.15, -0.1) is 0 Å². The van der Waals surface area contributed by atoms with Crippen LogP contribution in [-0.4, -0.2) is 31.1 Å². The monoisotopic (exact) mass is 274 g/mol. The van der Waals surface area contributed by atoms with Crippen molar-refractivity contribution in [3.8, 4) is 0 Å². The highest BCUT2D eigenvalue weighted by molar-refractivity contribution is 5.24. The van der Waals surface area contributed by atoms with Crippen LogP contribution in [0.4, 0.5) is 0 Å². The van der Waals surface area contributed by atoms with Gasteiger partial charge >= 0.3 is 0 Å². The minimum atomic E-state index is 0.607. The zero-order chi connectivity index (χ0) is 14.4. The number of hydrogen-bond donors (Lipinski definition) is 1. The van der Waals surface area contributed by atoms with Crippen LogP contribution in [-0.2, 0) is 0 Å². The fourth-order valence-electron chi connectivity index (χ4n) is 3.31. The largest absolute Gasteiger partial charge is 0.317 e. The fourth-order valence-corrected chi connectivity index (χ4v) is 3.31. The van der Waals surface area contributed by atoms with Crippen molar-refractivity contribution in [3.05, 3.63) is 35.4 Å². The Morgan fingerprint density at radius 1 is 1.15 bits per heavy atom. The van der Waals surface area contributed by atoms with E-state index in [4.69, 9.17) is 0 Å². The van der Waals surface area contributed by atoms with E-state index < -0.39 is 0 Å². The van der Waals surface area contributed by atoms with Crippen molar-refractivity contribution in [1.29, 1.82) is 0 Å². The predicted octanol–water partition coefficient (Wildman–Crippen LogP) is 3.77. The Bertz CT molecular complexity index is 377. The lowest BCUT2D eigenvalue weighted by Crippen LogP contribution is -2.39. The molecule has 0 aromatic heterocycles. The van der Waals surface area contributed by atoms with Gasteiger partial charge < -0.3 is 5.32 Å². The molecule has 1 unspecified atom stereocenters. The molecule has 1 fully saturated rings. The Labute approximate surface area is 124 Å². The smallest absolute Gasteiger partial charge is 0.0345 e. The summed E-state index contributed by atoms with van der Waals surface area (Å²) in [6, 6.07) is 9.73. The van der Waals surface area contributed by atoms with Crippen LogP contribution in [0.5, 0.6) is 0 Å². The lowest BCUT2D eigenvalue weighted by molar-refractivity contribution is 0.128. The minimum Gasteiger partial charge on any atom is -0.317 e. The third-order valence-electron chi connectivity index (χ3n) is 4.62. The molecule has 2 heteroatoms. The molecule has 1 aromatic carbocycles. The zero-order valence-corrected chi connectivity index (χ0v) is 13.4. The molecule has 0 amide bonds. The molecular formula is C18H30N2. The van der Waals surface area contributed by atoms with Crippen LogP contribution in [0.1, 0.15) is 50.3 Å². The highest BCUT2D eigenvalue weighted by atomic mass is 15.2. The molecule has 2 nitrogen and oxygen atoms in total. The van der Waals surface area contributed by atoms with E-state index in [-0.39, 0.29) is 0 Å².